The molecule has 0 saturated carbocycles. The molecule has 0 aliphatic carbocycles. The van der Waals surface area contributed by atoms with Crippen LogP contribution in [-0.4, -0.2) is 8.42 Å². The highest BCUT2D eigenvalue weighted by Gasteiger charge is 2.20. The summed E-state index contributed by atoms with van der Waals surface area (Å²) >= 11 is 9.98. The molecule has 112 valence electrons. The molecule has 0 amide bonds. The zero-order valence-corrected chi connectivity index (χ0v) is 16.8. The molecule has 7 heteroatoms. The van der Waals surface area contributed by atoms with Crippen LogP contribution in [0.15, 0.2) is 48.6 Å². The maximum atomic E-state index is 12.6. The maximum Gasteiger partial charge on any atom is 0.263 e. The highest BCUT2D eigenvalue weighted by Crippen LogP contribution is 2.32. The Morgan fingerprint density at radius 1 is 0.952 bits per heavy atom. The molecule has 0 saturated heterocycles. The normalized spacial score (nSPS) is 11.5. The van der Waals surface area contributed by atoms with Gasteiger partial charge in [0.05, 0.1) is 5.69 Å². The summed E-state index contributed by atoms with van der Waals surface area (Å²) in [6.07, 6.45) is 0. The topological polar surface area (TPSA) is 46.2 Å². The first-order chi connectivity index (χ1) is 9.70. The van der Waals surface area contributed by atoms with Gasteiger partial charge >= 0.3 is 0 Å². The van der Waals surface area contributed by atoms with Crippen molar-refractivity contribution in [2.75, 3.05) is 4.72 Å². The van der Waals surface area contributed by atoms with E-state index in [9.17, 15) is 8.42 Å². The molecule has 0 atom stereocenters. The molecule has 1 N–H and O–H groups in total. The molecule has 21 heavy (non-hydrogen) atoms. The van der Waals surface area contributed by atoms with Gasteiger partial charge in [-0.3, -0.25) is 4.72 Å². The van der Waals surface area contributed by atoms with Crippen LogP contribution in [0.25, 0.3) is 0 Å². The molecule has 3 nitrogen and oxygen atoms in total. The van der Waals surface area contributed by atoms with Gasteiger partial charge in [0.2, 0.25) is 0 Å². The summed E-state index contributed by atoms with van der Waals surface area (Å²) in [6, 6.07) is 8.83. The van der Waals surface area contributed by atoms with Crippen LogP contribution >= 0.6 is 47.8 Å². The van der Waals surface area contributed by atoms with E-state index in [1.807, 2.05) is 26.0 Å². The largest absolute Gasteiger partial charge is 0.278 e. The quantitative estimate of drug-likeness (QED) is 0.618. The van der Waals surface area contributed by atoms with Gasteiger partial charge in [-0.2, -0.15) is 0 Å². The number of nitrogens with one attached hydrogen (secondary N) is 1. The lowest BCUT2D eigenvalue weighted by Gasteiger charge is -2.14. The second kappa shape index (κ2) is 6.40. The van der Waals surface area contributed by atoms with Crippen molar-refractivity contribution in [2.24, 2.45) is 0 Å². The Hall–Kier alpha value is -0.370. The van der Waals surface area contributed by atoms with E-state index in [2.05, 4.69) is 52.5 Å². The van der Waals surface area contributed by atoms with E-state index >= 15 is 0 Å². The van der Waals surface area contributed by atoms with E-state index in [4.69, 9.17) is 0 Å². The van der Waals surface area contributed by atoms with E-state index in [1.54, 1.807) is 18.2 Å². The Balaban J connectivity index is 2.50. The number of sulfonamides is 1. The third-order valence-corrected chi connectivity index (χ3v) is 6.31. The summed E-state index contributed by atoms with van der Waals surface area (Å²) in [5, 5.41) is 0. The number of hydrogen-bond acceptors (Lipinski definition) is 2. The Morgan fingerprint density at radius 2 is 1.62 bits per heavy atom. The Morgan fingerprint density at radius 3 is 2.24 bits per heavy atom. The molecule has 0 unspecified atom stereocenters. The van der Waals surface area contributed by atoms with Gasteiger partial charge in [0.1, 0.15) is 4.90 Å². The minimum absolute atomic E-state index is 0.184. The van der Waals surface area contributed by atoms with Crippen molar-refractivity contribution in [3.63, 3.8) is 0 Å². The van der Waals surface area contributed by atoms with Gasteiger partial charge in [0.25, 0.3) is 10.0 Å². The summed E-state index contributed by atoms with van der Waals surface area (Å²) in [7, 11) is -3.68. The predicted octanol–water partition coefficient (Wildman–Crippen LogP) is 5.39. The third-order valence-electron chi connectivity index (χ3n) is 2.85. The lowest BCUT2D eigenvalue weighted by molar-refractivity contribution is 0.600. The van der Waals surface area contributed by atoms with Gasteiger partial charge in [0, 0.05) is 13.4 Å². The van der Waals surface area contributed by atoms with Gasteiger partial charge in [0.15, 0.2) is 0 Å². The molecule has 0 aliphatic rings. The molecule has 0 spiro atoms. The fourth-order valence-electron chi connectivity index (χ4n) is 1.92. The molecule has 0 fully saturated rings. The van der Waals surface area contributed by atoms with Crippen LogP contribution in [0.3, 0.4) is 0 Å². The van der Waals surface area contributed by atoms with Crippen molar-refractivity contribution in [1.29, 1.82) is 0 Å². The van der Waals surface area contributed by atoms with Gasteiger partial charge in [-0.1, -0.05) is 22.0 Å². The fraction of sp³-hybridized carbons (Fsp3) is 0.143. The van der Waals surface area contributed by atoms with E-state index in [-0.39, 0.29) is 4.90 Å². The average molecular weight is 498 g/mol. The molecule has 0 aromatic heterocycles. The van der Waals surface area contributed by atoms with Crippen molar-refractivity contribution in [1.82, 2.24) is 0 Å². The monoisotopic (exact) mass is 495 g/mol. The highest BCUT2D eigenvalue weighted by molar-refractivity contribution is 9.11. The standard InChI is InChI=1S/C14H12Br3NO2S/c1-8-5-9(2)14(12(17)6-8)18-21(19,20)13-7-10(15)3-4-11(13)16/h3-7,18H,1-2H3. The number of hydrogen-bond donors (Lipinski definition) is 1. The number of benzene rings is 2. The smallest absolute Gasteiger partial charge is 0.263 e. The third kappa shape index (κ3) is 3.88. The Labute approximate surface area is 149 Å². The van der Waals surface area contributed by atoms with Crippen molar-refractivity contribution >= 4 is 63.5 Å². The minimum atomic E-state index is -3.68. The first-order valence-corrected chi connectivity index (χ1v) is 9.81. The second-order valence-corrected chi connectivity index (χ2v) is 8.89. The van der Waals surface area contributed by atoms with Crippen LogP contribution in [0.1, 0.15) is 11.1 Å². The summed E-state index contributed by atoms with van der Waals surface area (Å²) < 4.78 is 29.7. The lowest BCUT2D eigenvalue weighted by Crippen LogP contribution is -2.15. The number of aryl methyl sites for hydroxylation is 2. The number of halogens is 3. The first-order valence-electron chi connectivity index (χ1n) is 5.95. The molecule has 0 radical (unpaired) electrons. The van der Waals surface area contributed by atoms with Gasteiger partial charge in [-0.25, -0.2) is 8.42 Å². The molecule has 0 aliphatic heterocycles. The van der Waals surface area contributed by atoms with Gasteiger partial charge in [-0.15, -0.1) is 0 Å². The van der Waals surface area contributed by atoms with E-state index in [1.165, 1.54) is 0 Å². The van der Waals surface area contributed by atoms with Crippen LogP contribution in [0.2, 0.25) is 0 Å². The van der Waals surface area contributed by atoms with E-state index in [0.717, 1.165) is 15.6 Å². The van der Waals surface area contributed by atoms with Crippen molar-refractivity contribution in [2.45, 2.75) is 18.7 Å². The van der Waals surface area contributed by atoms with Crippen LogP contribution in [-0.2, 0) is 10.0 Å². The molecular formula is C14H12Br3NO2S. The first kappa shape index (κ1) is 17.0. The highest BCUT2D eigenvalue weighted by atomic mass is 79.9. The van der Waals surface area contributed by atoms with Crippen LogP contribution < -0.4 is 4.72 Å². The molecule has 2 rings (SSSR count). The molecular weight excluding hydrogens is 486 g/mol. The molecule has 0 bridgehead atoms. The van der Waals surface area contributed by atoms with Crippen LogP contribution in [0.5, 0.6) is 0 Å². The lowest BCUT2D eigenvalue weighted by atomic mass is 10.1. The van der Waals surface area contributed by atoms with E-state index in [0.29, 0.717) is 14.6 Å². The van der Waals surface area contributed by atoms with Crippen LogP contribution in [0, 0.1) is 13.8 Å². The van der Waals surface area contributed by atoms with Gasteiger partial charge in [-0.05, 0) is 81.1 Å². The Bertz CT molecular complexity index is 781. The summed E-state index contributed by atoms with van der Waals surface area (Å²) in [6.45, 7) is 3.83. The summed E-state index contributed by atoms with van der Waals surface area (Å²) in [4.78, 5) is 0.184. The summed E-state index contributed by atoms with van der Waals surface area (Å²) in [5.74, 6) is 0. The number of rotatable bonds is 3. The molecule has 0 heterocycles. The zero-order chi connectivity index (χ0) is 15.8. The number of anilines is 1. The van der Waals surface area contributed by atoms with Crippen molar-refractivity contribution in [3.8, 4) is 0 Å². The van der Waals surface area contributed by atoms with Crippen molar-refractivity contribution in [3.05, 3.63) is 54.9 Å². The predicted molar refractivity (Wildman–Crippen MR) is 96.3 cm³/mol. The maximum absolute atomic E-state index is 12.6. The van der Waals surface area contributed by atoms with Gasteiger partial charge < -0.3 is 0 Å². The summed E-state index contributed by atoms with van der Waals surface area (Å²) in [5.41, 5.74) is 2.47. The van der Waals surface area contributed by atoms with E-state index < -0.39 is 10.0 Å². The zero-order valence-electron chi connectivity index (χ0n) is 11.2. The second-order valence-electron chi connectivity index (χ2n) is 4.62. The molecule has 2 aromatic rings. The SMILES string of the molecule is Cc1cc(C)c(NS(=O)(=O)c2cc(Br)ccc2Br)c(Br)c1. The van der Waals surface area contributed by atoms with Crippen LogP contribution in [0.4, 0.5) is 5.69 Å². The van der Waals surface area contributed by atoms with Crippen molar-refractivity contribution < 1.29 is 8.42 Å². The Kier molecular flexibility index (Phi) is 5.18. The fourth-order valence-corrected chi connectivity index (χ4v) is 5.48. The minimum Gasteiger partial charge on any atom is -0.278 e. The molecule has 2 aromatic carbocycles. The average Bonchev–Trinajstić information content (AvgIpc) is 2.36.